The molecule has 3 heterocycles. The first kappa shape index (κ1) is 17.0. The molecular formula is C17H26N4O3. The van der Waals surface area contributed by atoms with Gasteiger partial charge in [-0.15, -0.1) is 0 Å². The molecular weight excluding hydrogens is 308 g/mol. The summed E-state index contributed by atoms with van der Waals surface area (Å²) in [5.74, 6) is 0.172. The number of likely N-dealkylation sites (tertiary alicyclic amines) is 2. The monoisotopic (exact) mass is 334 g/mol. The highest BCUT2D eigenvalue weighted by Gasteiger charge is 2.41. The van der Waals surface area contributed by atoms with Crippen molar-refractivity contribution in [3.8, 4) is 0 Å². The lowest BCUT2D eigenvalue weighted by molar-refractivity contribution is -0.139. The van der Waals surface area contributed by atoms with Crippen LogP contribution in [0.2, 0.25) is 0 Å². The molecule has 0 radical (unpaired) electrons. The lowest BCUT2D eigenvalue weighted by atomic mass is 9.72. The number of nitrogens with zero attached hydrogens (tertiary/aromatic N) is 4. The largest absolute Gasteiger partial charge is 0.395 e. The second kappa shape index (κ2) is 6.55. The van der Waals surface area contributed by atoms with E-state index in [1.807, 2.05) is 17.9 Å². The van der Waals surface area contributed by atoms with Gasteiger partial charge in [-0.3, -0.25) is 14.3 Å². The number of β-amino-alcohol motifs (C(OH)–C–C–N with tert-alkyl or cyclic N) is 1. The van der Waals surface area contributed by atoms with Crippen LogP contribution in [0.5, 0.6) is 0 Å². The molecule has 0 atom stereocenters. The van der Waals surface area contributed by atoms with Gasteiger partial charge in [0.2, 0.25) is 5.91 Å². The minimum atomic E-state index is 0.00622. The lowest BCUT2D eigenvalue weighted by Gasteiger charge is -2.47. The number of carbonyl (C=O) groups excluding carboxylic acids is 2. The molecule has 1 aromatic rings. The summed E-state index contributed by atoms with van der Waals surface area (Å²) >= 11 is 0. The number of aliphatic hydroxyl groups is 1. The zero-order chi connectivity index (χ0) is 17.3. The number of aromatic nitrogens is 2. The summed E-state index contributed by atoms with van der Waals surface area (Å²) in [5, 5.41) is 13.4. The van der Waals surface area contributed by atoms with Gasteiger partial charge in [0.15, 0.2) is 0 Å². The van der Waals surface area contributed by atoms with Gasteiger partial charge in [0, 0.05) is 39.6 Å². The fourth-order valence-electron chi connectivity index (χ4n) is 3.99. The Morgan fingerprint density at radius 1 is 1.33 bits per heavy atom. The minimum Gasteiger partial charge on any atom is -0.395 e. The van der Waals surface area contributed by atoms with Crippen LogP contribution in [0.1, 0.15) is 41.9 Å². The van der Waals surface area contributed by atoms with E-state index in [1.165, 1.54) is 0 Å². The van der Waals surface area contributed by atoms with E-state index in [4.69, 9.17) is 5.11 Å². The predicted octanol–water partition coefficient (Wildman–Crippen LogP) is 0.566. The van der Waals surface area contributed by atoms with E-state index < -0.39 is 0 Å². The fraction of sp³-hybridized carbons (Fsp3) is 0.706. The molecule has 1 aromatic heterocycles. The average molecular weight is 334 g/mol. The first-order valence-corrected chi connectivity index (χ1v) is 8.63. The van der Waals surface area contributed by atoms with Crippen LogP contribution in [0.15, 0.2) is 6.07 Å². The van der Waals surface area contributed by atoms with Crippen molar-refractivity contribution in [2.75, 3.05) is 32.8 Å². The van der Waals surface area contributed by atoms with E-state index in [9.17, 15) is 9.59 Å². The summed E-state index contributed by atoms with van der Waals surface area (Å²) in [6.45, 7) is 4.44. The molecule has 2 fully saturated rings. The number of rotatable bonds is 3. The number of hydrogen-bond donors (Lipinski definition) is 1. The maximum absolute atomic E-state index is 12.7. The third kappa shape index (κ3) is 3.17. The molecule has 0 saturated carbocycles. The Morgan fingerprint density at radius 2 is 2.04 bits per heavy atom. The molecule has 2 saturated heterocycles. The molecule has 2 amide bonds. The Labute approximate surface area is 142 Å². The molecule has 0 unspecified atom stereocenters. The maximum Gasteiger partial charge on any atom is 0.272 e. The third-order valence-electron chi connectivity index (χ3n) is 5.45. The van der Waals surface area contributed by atoms with Gasteiger partial charge in [0.05, 0.1) is 12.3 Å². The second-order valence-corrected chi connectivity index (χ2v) is 7.13. The molecule has 7 nitrogen and oxygen atoms in total. The van der Waals surface area contributed by atoms with Crippen molar-refractivity contribution in [3.63, 3.8) is 0 Å². The maximum atomic E-state index is 12.7. The van der Waals surface area contributed by atoms with E-state index in [0.717, 1.165) is 25.0 Å². The molecule has 0 aliphatic carbocycles. The summed E-state index contributed by atoms with van der Waals surface area (Å²) in [6, 6.07) is 1.83. The van der Waals surface area contributed by atoms with Crippen molar-refractivity contribution in [3.05, 3.63) is 17.5 Å². The van der Waals surface area contributed by atoms with E-state index in [1.54, 1.807) is 16.6 Å². The van der Waals surface area contributed by atoms with Crippen LogP contribution < -0.4 is 0 Å². The van der Waals surface area contributed by atoms with Crippen molar-refractivity contribution in [1.29, 1.82) is 0 Å². The van der Waals surface area contributed by atoms with E-state index in [-0.39, 0.29) is 23.8 Å². The average Bonchev–Trinajstić information content (AvgIpc) is 2.90. The number of aryl methyl sites for hydroxylation is 2. The number of aliphatic hydroxyl groups excluding tert-OH is 1. The second-order valence-electron chi connectivity index (χ2n) is 7.13. The Balaban J connectivity index is 1.64. The van der Waals surface area contributed by atoms with Gasteiger partial charge >= 0.3 is 0 Å². The van der Waals surface area contributed by atoms with Gasteiger partial charge in [0.25, 0.3) is 5.91 Å². The van der Waals surface area contributed by atoms with E-state index in [0.29, 0.717) is 38.3 Å². The minimum absolute atomic E-state index is 0.00622. The fourth-order valence-corrected chi connectivity index (χ4v) is 3.99. The van der Waals surface area contributed by atoms with E-state index >= 15 is 0 Å². The molecule has 0 aromatic carbocycles. The Morgan fingerprint density at radius 3 is 2.62 bits per heavy atom. The predicted molar refractivity (Wildman–Crippen MR) is 88.4 cm³/mol. The number of hydrogen-bond acceptors (Lipinski definition) is 4. The topological polar surface area (TPSA) is 78.7 Å². The molecule has 132 valence electrons. The lowest BCUT2D eigenvalue weighted by Crippen LogP contribution is -2.53. The highest BCUT2D eigenvalue weighted by Crippen LogP contribution is 2.40. The number of piperidine rings is 2. The van der Waals surface area contributed by atoms with Crippen LogP contribution in [0, 0.1) is 12.3 Å². The molecule has 0 bridgehead atoms. The summed E-state index contributed by atoms with van der Waals surface area (Å²) in [7, 11) is 1.80. The Hall–Kier alpha value is -1.89. The van der Waals surface area contributed by atoms with Crippen LogP contribution >= 0.6 is 0 Å². The highest BCUT2D eigenvalue weighted by molar-refractivity contribution is 5.92. The SMILES string of the molecule is Cc1cc(C(=O)N2CCC3(CCC(=O)N(CCO)C3)CC2)n(C)n1. The quantitative estimate of drug-likeness (QED) is 0.876. The van der Waals surface area contributed by atoms with Crippen molar-refractivity contribution >= 4 is 11.8 Å². The zero-order valence-corrected chi connectivity index (χ0v) is 14.5. The van der Waals surface area contributed by atoms with Crippen molar-refractivity contribution < 1.29 is 14.7 Å². The van der Waals surface area contributed by atoms with Crippen LogP contribution in [-0.4, -0.2) is 69.3 Å². The van der Waals surface area contributed by atoms with Crippen LogP contribution in [0.25, 0.3) is 0 Å². The summed E-state index contributed by atoms with van der Waals surface area (Å²) in [4.78, 5) is 28.3. The first-order chi connectivity index (χ1) is 11.4. The van der Waals surface area contributed by atoms with Crippen LogP contribution in [0.3, 0.4) is 0 Å². The van der Waals surface area contributed by atoms with Crippen LogP contribution in [-0.2, 0) is 11.8 Å². The third-order valence-corrected chi connectivity index (χ3v) is 5.45. The Bertz CT molecular complexity index is 632. The van der Waals surface area contributed by atoms with Gasteiger partial charge in [-0.1, -0.05) is 0 Å². The van der Waals surface area contributed by atoms with Gasteiger partial charge in [-0.25, -0.2) is 0 Å². The number of amides is 2. The molecule has 2 aliphatic heterocycles. The summed E-state index contributed by atoms with van der Waals surface area (Å²) in [5.41, 5.74) is 1.58. The van der Waals surface area contributed by atoms with Gasteiger partial charge < -0.3 is 14.9 Å². The summed E-state index contributed by atoms with van der Waals surface area (Å²) < 4.78 is 1.64. The standard InChI is InChI=1S/C17H26N4O3/c1-13-11-14(19(2)18-13)16(24)20-7-5-17(6-8-20)4-3-15(23)21(12-17)9-10-22/h11,22H,3-10,12H2,1-2H3. The molecule has 1 N–H and O–H groups in total. The van der Waals surface area contributed by atoms with Gasteiger partial charge in [-0.05, 0) is 37.7 Å². The highest BCUT2D eigenvalue weighted by atomic mass is 16.3. The normalized spacial score (nSPS) is 20.7. The zero-order valence-electron chi connectivity index (χ0n) is 14.5. The van der Waals surface area contributed by atoms with Crippen molar-refractivity contribution in [2.24, 2.45) is 12.5 Å². The van der Waals surface area contributed by atoms with Gasteiger partial charge in [0.1, 0.15) is 5.69 Å². The molecule has 3 rings (SSSR count). The summed E-state index contributed by atoms with van der Waals surface area (Å²) in [6.07, 6.45) is 3.26. The number of carbonyl (C=O) groups is 2. The molecule has 24 heavy (non-hydrogen) atoms. The van der Waals surface area contributed by atoms with Crippen molar-refractivity contribution in [1.82, 2.24) is 19.6 Å². The first-order valence-electron chi connectivity index (χ1n) is 8.63. The van der Waals surface area contributed by atoms with Crippen LogP contribution in [0.4, 0.5) is 0 Å². The smallest absolute Gasteiger partial charge is 0.272 e. The van der Waals surface area contributed by atoms with E-state index in [2.05, 4.69) is 5.10 Å². The van der Waals surface area contributed by atoms with Crippen molar-refractivity contribution in [2.45, 2.75) is 32.6 Å². The van der Waals surface area contributed by atoms with Gasteiger partial charge in [-0.2, -0.15) is 5.10 Å². The molecule has 2 aliphatic rings. The Kier molecular flexibility index (Phi) is 4.62. The molecule has 7 heteroatoms. The molecule has 1 spiro atoms.